The average Bonchev–Trinajstić information content (AvgIpc) is 3.13. The van der Waals surface area contributed by atoms with Crippen LogP contribution in [0.5, 0.6) is 0 Å². The lowest BCUT2D eigenvalue weighted by Gasteiger charge is -2.25. The van der Waals surface area contributed by atoms with Crippen molar-refractivity contribution in [3.05, 3.63) is 65.7 Å². The van der Waals surface area contributed by atoms with Gasteiger partial charge in [0.2, 0.25) is 5.91 Å². The molecule has 1 amide bonds. The molecule has 144 valence electrons. The third-order valence-electron chi connectivity index (χ3n) is 5.50. The molecule has 4 nitrogen and oxygen atoms in total. The Kier molecular flexibility index (Phi) is 6.88. The van der Waals surface area contributed by atoms with E-state index in [0.29, 0.717) is 18.8 Å². The van der Waals surface area contributed by atoms with Gasteiger partial charge in [-0.2, -0.15) is 0 Å². The van der Waals surface area contributed by atoms with Crippen LogP contribution in [0.25, 0.3) is 0 Å². The predicted molar refractivity (Wildman–Crippen MR) is 111 cm³/mol. The molecule has 1 heterocycles. The second-order valence-electron chi connectivity index (χ2n) is 7.51. The summed E-state index contributed by atoms with van der Waals surface area (Å²) in [5.41, 5.74) is 9.20. The summed E-state index contributed by atoms with van der Waals surface area (Å²) in [5.74, 6) is 0.807. The number of hydrogen-bond acceptors (Lipinski definition) is 3. The molecule has 27 heavy (non-hydrogen) atoms. The SMILES string of the molecule is CCN(CC1CCN(Cc2ccccc2)C1)C(=O)CCc1ccccc1N. The van der Waals surface area contributed by atoms with E-state index in [1.165, 1.54) is 12.0 Å². The molecular formula is C23H31N3O. The summed E-state index contributed by atoms with van der Waals surface area (Å²) in [6, 6.07) is 18.4. The van der Waals surface area contributed by atoms with Crippen molar-refractivity contribution in [3.8, 4) is 0 Å². The van der Waals surface area contributed by atoms with E-state index in [9.17, 15) is 4.79 Å². The van der Waals surface area contributed by atoms with Gasteiger partial charge in [-0.25, -0.2) is 0 Å². The van der Waals surface area contributed by atoms with Crippen LogP contribution >= 0.6 is 0 Å². The molecule has 1 atom stereocenters. The van der Waals surface area contributed by atoms with Crippen LogP contribution in [-0.2, 0) is 17.8 Å². The molecule has 0 radical (unpaired) electrons. The van der Waals surface area contributed by atoms with E-state index < -0.39 is 0 Å². The fraction of sp³-hybridized carbons (Fsp3) is 0.435. The minimum Gasteiger partial charge on any atom is -0.399 e. The van der Waals surface area contributed by atoms with Crippen molar-refractivity contribution in [2.45, 2.75) is 32.7 Å². The lowest BCUT2D eigenvalue weighted by atomic mass is 10.1. The van der Waals surface area contributed by atoms with Crippen molar-refractivity contribution >= 4 is 11.6 Å². The number of benzene rings is 2. The highest BCUT2D eigenvalue weighted by Gasteiger charge is 2.25. The Morgan fingerprint density at radius 3 is 2.63 bits per heavy atom. The molecular weight excluding hydrogens is 334 g/mol. The highest BCUT2D eigenvalue weighted by atomic mass is 16.2. The molecule has 0 bridgehead atoms. The standard InChI is InChI=1S/C23H31N3O/c1-2-26(23(27)13-12-21-10-6-7-11-22(21)24)18-20-14-15-25(17-20)16-19-8-4-3-5-9-19/h3-11,20H,2,12-18,24H2,1H3. The molecule has 4 heteroatoms. The topological polar surface area (TPSA) is 49.6 Å². The Balaban J connectivity index is 1.47. The lowest BCUT2D eigenvalue weighted by molar-refractivity contribution is -0.131. The van der Waals surface area contributed by atoms with Crippen molar-refractivity contribution in [2.75, 3.05) is 31.9 Å². The van der Waals surface area contributed by atoms with Gasteiger partial charge in [-0.15, -0.1) is 0 Å². The second-order valence-corrected chi connectivity index (χ2v) is 7.51. The number of para-hydroxylation sites is 1. The summed E-state index contributed by atoms with van der Waals surface area (Å²) >= 11 is 0. The Morgan fingerprint density at radius 1 is 1.15 bits per heavy atom. The second kappa shape index (κ2) is 9.56. The van der Waals surface area contributed by atoms with E-state index in [-0.39, 0.29) is 5.91 Å². The van der Waals surface area contributed by atoms with Crippen LogP contribution in [0.1, 0.15) is 30.9 Å². The van der Waals surface area contributed by atoms with Crippen molar-refractivity contribution in [1.82, 2.24) is 9.80 Å². The number of nitrogens with two attached hydrogens (primary N) is 1. The van der Waals surface area contributed by atoms with Gasteiger partial charge in [-0.3, -0.25) is 9.69 Å². The largest absolute Gasteiger partial charge is 0.399 e. The molecule has 0 aromatic heterocycles. The monoisotopic (exact) mass is 365 g/mol. The fourth-order valence-electron chi connectivity index (χ4n) is 3.93. The minimum atomic E-state index is 0.238. The molecule has 2 aromatic rings. The van der Waals surface area contributed by atoms with E-state index in [1.807, 2.05) is 29.2 Å². The summed E-state index contributed by atoms with van der Waals surface area (Å²) in [4.78, 5) is 17.2. The smallest absolute Gasteiger partial charge is 0.222 e. The van der Waals surface area contributed by atoms with Gasteiger partial charge < -0.3 is 10.6 Å². The lowest BCUT2D eigenvalue weighted by Crippen LogP contribution is -2.36. The van der Waals surface area contributed by atoms with E-state index in [2.05, 4.69) is 42.2 Å². The van der Waals surface area contributed by atoms with Crippen LogP contribution in [0.15, 0.2) is 54.6 Å². The Hall–Kier alpha value is -2.33. The van der Waals surface area contributed by atoms with Gasteiger partial charge in [0.1, 0.15) is 0 Å². The number of hydrogen-bond donors (Lipinski definition) is 1. The highest BCUT2D eigenvalue weighted by molar-refractivity contribution is 5.76. The number of carbonyl (C=O) groups excluding carboxylic acids is 1. The summed E-state index contributed by atoms with van der Waals surface area (Å²) in [6.45, 7) is 6.91. The van der Waals surface area contributed by atoms with Crippen molar-refractivity contribution in [2.24, 2.45) is 5.92 Å². The van der Waals surface area contributed by atoms with Gasteiger partial charge in [0.05, 0.1) is 0 Å². The molecule has 1 aliphatic heterocycles. The predicted octanol–water partition coefficient (Wildman–Crippen LogP) is 3.57. The van der Waals surface area contributed by atoms with E-state index in [1.54, 1.807) is 0 Å². The van der Waals surface area contributed by atoms with Crippen LogP contribution in [-0.4, -0.2) is 41.9 Å². The molecule has 1 saturated heterocycles. The van der Waals surface area contributed by atoms with E-state index in [4.69, 9.17) is 5.73 Å². The van der Waals surface area contributed by atoms with Crippen LogP contribution in [0, 0.1) is 5.92 Å². The fourth-order valence-corrected chi connectivity index (χ4v) is 3.93. The van der Waals surface area contributed by atoms with Crippen molar-refractivity contribution in [3.63, 3.8) is 0 Å². The van der Waals surface area contributed by atoms with Crippen LogP contribution in [0.4, 0.5) is 5.69 Å². The van der Waals surface area contributed by atoms with Crippen LogP contribution in [0.2, 0.25) is 0 Å². The highest BCUT2D eigenvalue weighted by Crippen LogP contribution is 2.20. The number of nitrogen functional groups attached to an aromatic ring is 1. The number of amides is 1. The first-order chi connectivity index (χ1) is 13.2. The molecule has 1 aliphatic rings. The van der Waals surface area contributed by atoms with Gasteiger partial charge in [-0.1, -0.05) is 48.5 Å². The third-order valence-corrected chi connectivity index (χ3v) is 5.50. The number of nitrogens with zero attached hydrogens (tertiary/aromatic N) is 2. The Labute approximate surface area is 163 Å². The third kappa shape index (κ3) is 5.57. The molecule has 3 rings (SSSR count). The first-order valence-corrected chi connectivity index (χ1v) is 10.0. The quantitative estimate of drug-likeness (QED) is 0.728. The number of rotatable bonds is 8. The zero-order valence-corrected chi connectivity index (χ0v) is 16.3. The summed E-state index contributed by atoms with van der Waals surface area (Å²) < 4.78 is 0. The van der Waals surface area contributed by atoms with Crippen molar-refractivity contribution < 1.29 is 4.79 Å². The number of anilines is 1. The van der Waals surface area contributed by atoms with E-state index >= 15 is 0 Å². The summed E-state index contributed by atoms with van der Waals surface area (Å²) in [7, 11) is 0. The molecule has 0 aliphatic carbocycles. The Bertz CT molecular complexity index is 731. The normalized spacial score (nSPS) is 17.1. The molecule has 0 spiro atoms. The number of aryl methyl sites for hydroxylation is 1. The van der Waals surface area contributed by atoms with Gasteiger partial charge in [0.15, 0.2) is 0 Å². The minimum absolute atomic E-state index is 0.238. The zero-order chi connectivity index (χ0) is 19.1. The molecule has 1 fully saturated rings. The molecule has 2 aromatic carbocycles. The first kappa shape index (κ1) is 19.4. The van der Waals surface area contributed by atoms with Crippen LogP contribution < -0.4 is 5.73 Å². The number of carbonyl (C=O) groups is 1. The van der Waals surface area contributed by atoms with Gasteiger partial charge >= 0.3 is 0 Å². The summed E-state index contributed by atoms with van der Waals surface area (Å²) in [6.07, 6.45) is 2.41. The van der Waals surface area contributed by atoms with Gasteiger partial charge in [0.25, 0.3) is 0 Å². The maximum absolute atomic E-state index is 12.7. The molecule has 1 unspecified atom stereocenters. The molecule has 2 N–H and O–H groups in total. The maximum atomic E-state index is 12.7. The average molecular weight is 366 g/mol. The Morgan fingerprint density at radius 2 is 1.89 bits per heavy atom. The zero-order valence-electron chi connectivity index (χ0n) is 16.3. The van der Waals surface area contributed by atoms with Crippen LogP contribution in [0.3, 0.4) is 0 Å². The summed E-state index contributed by atoms with van der Waals surface area (Å²) in [5, 5.41) is 0. The maximum Gasteiger partial charge on any atom is 0.222 e. The number of likely N-dealkylation sites (tertiary alicyclic amines) is 1. The molecule has 0 saturated carbocycles. The van der Waals surface area contributed by atoms with Crippen molar-refractivity contribution in [1.29, 1.82) is 0 Å². The van der Waals surface area contributed by atoms with Gasteiger partial charge in [-0.05, 0) is 49.4 Å². The van der Waals surface area contributed by atoms with Gasteiger partial charge in [0, 0.05) is 38.3 Å². The van der Waals surface area contributed by atoms with E-state index in [0.717, 1.165) is 44.0 Å². The first-order valence-electron chi connectivity index (χ1n) is 10.0.